The Morgan fingerprint density at radius 2 is 2.06 bits per heavy atom. The molecule has 0 aliphatic heterocycles. The third kappa shape index (κ3) is 3.53. The first-order valence-corrected chi connectivity index (χ1v) is 7.67. The van der Waals surface area contributed by atoms with Gasteiger partial charge in [0.2, 0.25) is 0 Å². The molecule has 5 heteroatoms. The summed E-state index contributed by atoms with van der Waals surface area (Å²) >= 11 is 5.18. The van der Waals surface area contributed by atoms with E-state index in [-0.39, 0.29) is 0 Å². The van der Waals surface area contributed by atoms with Gasteiger partial charge in [-0.1, -0.05) is 35.0 Å². The lowest BCUT2D eigenvalue weighted by molar-refractivity contribution is 0.675. The molecule has 0 saturated carbocycles. The predicted octanol–water partition coefficient (Wildman–Crippen LogP) is 3.78. The molecule has 1 aromatic carbocycles. The predicted molar refractivity (Wildman–Crippen MR) is 80.9 cm³/mol. The molecule has 1 heterocycles. The van der Waals surface area contributed by atoms with Crippen LogP contribution in [0.3, 0.4) is 0 Å². The van der Waals surface area contributed by atoms with Gasteiger partial charge in [-0.2, -0.15) is 5.10 Å². The number of rotatable bonds is 5. The molecule has 3 nitrogen and oxygen atoms in total. The first-order chi connectivity index (χ1) is 8.69. The molecule has 0 saturated heterocycles. The number of hydrogen-bond acceptors (Lipinski definition) is 3. The van der Waals surface area contributed by atoms with E-state index in [1.807, 2.05) is 22.9 Å². The third-order valence-corrected chi connectivity index (χ3v) is 4.12. The average molecular weight is 326 g/mol. The number of hydrogen-bond donors (Lipinski definition) is 1. The molecule has 2 N–H and O–H groups in total. The van der Waals surface area contributed by atoms with Crippen molar-refractivity contribution in [2.24, 2.45) is 0 Å². The van der Waals surface area contributed by atoms with Crippen molar-refractivity contribution in [3.05, 3.63) is 40.4 Å². The highest BCUT2D eigenvalue weighted by Gasteiger charge is 2.05. The van der Waals surface area contributed by atoms with Crippen molar-refractivity contribution in [1.29, 1.82) is 0 Å². The zero-order valence-electron chi connectivity index (χ0n) is 10.3. The van der Waals surface area contributed by atoms with Gasteiger partial charge in [-0.05, 0) is 29.9 Å². The second kappa shape index (κ2) is 6.29. The van der Waals surface area contributed by atoms with Crippen LogP contribution in [0.4, 0.5) is 5.82 Å². The fourth-order valence-electron chi connectivity index (χ4n) is 1.57. The SMILES string of the molecule is CCCSc1cc(N)n(Cc2ccc(Br)cc2)n1. The topological polar surface area (TPSA) is 43.8 Å². The van der Waals surface area contributed by atoms with E-state index >= 15 is 0 Å². The molecular weight excluding hydrogens is 310 g/mol. The molecule has 2 aromatic rings. The fraction of sp³-hybridized carbons (Fsp3) is 0.308. The highest BCUT2D eigenvalue weighted by molar-refractivity contribution is 9.10. The lowest BCUT2D eigenvalue weighted by atomic mass is 10.2. The van der Waals surface area contributed by atoms with Crippen molar-refractivity contribution in [2.45, 2.75) is 24.9 Å². The van der Waals surface area contributed by atoms with Gasteiger partial charge in [0, 0.05) is 10.5 Å². The summed E-state index contributed by atoms with van der Waals surface area (Å²) in [6, 6.07) is 10.1. The Hall–Kier alpha value is -0.940. The van der Waals surface area contributed by atoms with Crippen LogP contribution in [-0.4, -0.2) is 15.5 Å². The quantitative estimate of drug-likeness (QED) is 0.851. The number of thioether (sulfide) groups is 1. The summed E-state index contributed by atoms with van der Waals surface area (Å²) in [5.74, 6) is 1.80. The molecule has 0 aliphatic rings. The van der Waals surface area contributed by atoms with E-state index in [1.54, 1.807) is 11.8 Å². The number of nitrogens with two attached hydrogens (primary N) is 1. The van der Waals surface area contributed by atoms with Gasteiger partial charge in [0.1, 0.15) is 10.8 Å². The maximum atomic E-state index is 5.97. The third-order valence-electron chi connectivity index (χ3n) is 2.49. The maximum absolute atomic E-state index is 5.97. The van der Waals surface area contributed by atoms with E-state index in [0.717, 1.165) is 27.5 Å². The van der Waals surface area contributed by atoms with Gasteiger partial charge < -0.3 is 5.73 Å². The zero-order chi connectivity index (χ0) is 13.0. The second-order valence-corrected chi connectivity index (χ2v) is 6.07. The minimum atomic E-state index is 0.714. The minimum Gasteiger partial charge on any atom is -0.384 e. The minimum absolute atomic E-state index is 0.714. The fourth-order valence-corrected chi connectivity index (χ4v) is 2.61. The standard InChI is InChI=1S/C13H16BrN3S/c1-2-7-18-13-8-12(15)17(16-13)9-10-3-5-11(14)6-4-10/h3-6,8H,2,7,9,15H2,1H3. The number of benzene rings is 1. The lowest BCUT2D eigenvalue weighted by Gasteiger charge is -2.04. The molecule has 96 valence electrons. The molecule has 0 atom stereocenters. The normalized spacial score (nSPS) is 10.8. The van der Waals surface area contributed by atoms with E-state index < -0.39 is 0 Å². The van der Waals surface area contributed by atoms with E-state index in [1.165, 1.54) is 5.56 Å². The summed E-state index contributed by atoms with van der Waals surface area (Å²) in [5, 5.41) is 5.51. The number of nitrogen functional groups attached to an aromatic ring is 1. The van der Waals surface area contributed by atoms with Crippen LogP contribution in [0, 0.1) is 0 Å². The molecule has 0 unspecified atom stereocenters. The summed E-state index contributed by atoms with van der Waals surface area (Å²) in [4.78, 5) is 0. The van der Waals surface area contributed by atoms with Crippen LogP contribution in [0.2, 0.25) is 0 Å². The molecule has 0 radical (unpaired) electrons. The number of halogens is 1. The number of nitrogens with zero attached hydrogens (tertiary/aromatic N) is 2. The van der Waals surface area contributed by atoms with E-state index in [2.05, 4.69) is 40.1 Å². The summed E-state index contributed by atoms with van der Waals surface area (Å²) in [7, 11) is 0. The highest BCUT2D eigenvalue weighted by Crippen LogP contribution is 2.21. The largest absolute Gasteiger partial charge is 0.384 e. The Balaban J connectivity index is 2.08. The van der Waals surface area contributed by atoms with E-state index in [9.17, 15) is 0 Å². The van der Waals surface area contributed by atoms with Crippen LogP contribution in [0.5, 0.6) is 0 Å². The Bertz CT molecular complexity index is 507. The average Bonchev–Trinajstić information content (AvgIpc) is 2.70. The zero-order valence-corrected chi connectivity index (χ0v) is 12.7. The van der Waals surface area contributed by atoms with Gasteiger partial charge in [0.05, 0.1) is 6.54 Å². The lowest BCUT2D eigenvalue weighted by Crippen LogP contribution is -2.05. The molecule has 0 aliphatic carbocycles. The Morgan fingerprint density at radius 3 is 2.72 bits per heavy atom. The Labute approximate surface area is 120 Å². The Morgan fingerprint density at radius 1 is 1.33 bits per heavy atom. The van der Waals surface area contributed by atoms with Crippen LogP contribution in [-0.2, 0) is 6.54 Å². The first kappa shape index (κ1) is 13.5. The van der Waals surface area contributed by atoms with Crippen LogP contribution in [0.25, 0.3) is 0 Å². The van der Waals surface area contributed by atoms with Crippen LogP contribution in [0.15, 0.2) is 39.8 Å². The van der Waals surface area contributed by atoms with E-state index in [0.29, 0.717) is 6.54 Å². The van der Waals surface area contributed by atoms with Crippen molar-refractivity contribution in [1.82, 2.24) is 9.78 Å². The molecule has 1 aromatic heterocycles. The van der Waals surface area contributed by atoms with Crippen molar-refractivity contribution < 1.29 is 0 Å². The second-order valence-electron chi connectivity index (χ2n) is 4.04. The molecule has 18 heavy (non-hydrogen) atoms. The number of aromatic nitrogens is 2. The van der Waals surface area contributed by atoms with Gasteiger partial charge in [0.25, 0.3) is 0 Å². The van der Waals surface area contributed by atoms with Gasteiger partial charge in [-0.15, -0.1) is 11.8 Å². The summed E-state index contributed by atoms with van der Waals surface area (Å²) in [6.45, 7) is 2.88. The van der Waals surface area contributed by atoms with Crippen molar-refractivity contribution in [3.63, 3.8) is 0 Å². The Kier molecular flexibility index (Phi) is 4.72. The summed E-state index contributed by atoms with van der Waals surface area (Å²) in [5.41, 5.74) is 7.16. The van der Waals surface area contributed by atoms with Crippen LogP contribution >= 0.6 is 27.7 Å². The smallest absolute Gasteiger partial charge is 0.123 e. The van der Waals surface area contributed by atoms with Crippen LogP contribution < -0.4 is 5.73 Å². The first-order valence-electron chi connectivity index (χ1n) is 5.89. The molecule has 0 bridgehead atoms. The van der Waals surface area contributed by atoms with Gasteiger partial charge in [-0.3, -0.25) is 0 Å². The molecular formula is C13H16BrN3S. The van der Waals surface area contributed by atoms with Gasteiger partial charge in [-0.25, -0.2) is 4.68 Å². The molecule has 0 fully saturated rings. The van der Waals surface area contributed by atoms with E-state index in [4.69, 9.17) is 5.73 Å². The van der Waals surface area contributed by atoms with Crippen molar-refractivity contribution >= 4 is 33.5 Å². The van der Waals surface area contributed by atoms with Gasteiger partial charge in [0.15, 0.2) is 0 Å². The number of anilines is 1. The molecule has 0 amide bonds. The molecule has 0 spiro atoms. The highest BCUT2D eigenvalue weighted by atomic mass is 79.9. The maximum Gasteiger partial charge on any atom is 0.123 e. The van der Waals surface area contributed by atoms with Crippen molar-refractivity contribution in [3.8, 4) is 0 Å². The monoisotopic (exact) mass is 325 g/mol. The van der Waals surface area contributed by atoms with Crippen LogP contribution in [0.1, 0.15) is 18.9 Å². The van der Waals surface area contributed by atoms with Gasteiger partial charge >= 0.3 is 0 Å². The van der Waals surface area contributed by atoms with Crippen molar-refractivity contribution in [2.75, 3.05) is 11.5 Å². The summed E-state index contributed by atoms with van der Waals surface area (Å²) < 4.78 is 2.93. The molecule has 2 rings (SSSR count). The summed E-state index contributed by atoms with van der Waals surface area (Å²) in [6.07, 6.45) is 1.14.